The Kier molecular flexibility index (Phi) is 5.70. The van der Waals surface area contributed by atoms with Crippen LogP contribution in [0.25, 0.3) is 0 Å². The van der Waals surface area contributed by atoms with Gasteiger partial charge in [0.25, 0.3) is 0 Å². The molecule has 2 fully saturated rings. The van der Waals surface area contributed by atoms with Crippen molar-refractivity contribution >= 4 is 18.3 Å². The van der Waals surface area contributed by atoms with Crippen LogP contribution < -0.4 is 10.1 Å². The minimum Gasteiger partial charge on any atom is -0.496 e. The summed E-state index contributed by atoms with van der Waals surface area (Å²) in [4.78, 5) is 14.9. The lowest BCUT2D eigenvalue weighted by Crippen LogP contribution is -2.50. The molecule has 2 atom stereocenters. The molecular formula is C17H25ClN2O2. The van der Waals surface area contributed by atoms with Crippen molar-refractivity contribution < 1.29 is 9.53 Å². The van der Waals surface area contributed by atoms with Crippen molar-refractivity contribution in [2.24, 2.45) is 11.8 Å². The van der Waals surface area contributed by atoms with Gasteiger partial charge in [0.1, 0.15) is 5.75 Å². The summed E-state index contributed by atoms with van der Waals surface area (Å²) in [5.74, 6) is 1.80. The lowest BCUT2D eigenvalue weighted by atomic mass is 9.87. The Labute approximate surface area is 138 Å². The summed E-state index contributed by atoms with van der Waals surface area (Å²) in [7, 11) is 1.70. The van der Waals surface area contributed by atoms with Gasteiger partial charge in [0.05, 0.1) is 13.2 Å². The average Bonchev–Trinajstić information content (AvgIpc) is 2.93. The van der Waals surface area contributed by atoms with Gasteiger partial charge in [0, 0.05) is 18.0 Å². The summed E-state index contributed by atoms with van der Waals surface area (Å²) < 4.78 is 5.48. The van der Waals surface area contributed by atoms with E-state index in [1.54, 1.807) is 7.11 Å². The molecule has 1 aromatic rings. The van der Waals surface area contributed by atoms with Gasteiger partial charge < -0.3 is 15.0 Å². The molecule has 2 unspecified atom stereocenters. The quantitative estimate of drug-likeness (QED) is 0.925. The summed E-state index contributed by atoms with van der Waals surface area (Å²) in [5, 5.41) is 3.26. The van der Waals surface area contributed by atoms with E-state index < -0.39 is 0 Å². The Morgan fingerprint density at radius 2 is 2.09 bits per heavy atom. The highest BCUT2D eigenvalue weighted by atomic mass is 35.5. The lowest BCUT2D eigenvalue weighted by Gasteiger charge is -2.36. The number of nitrogens with zero attached hydrogens (tertiary/aromatic N) is 1. The highest BCUT2D eigenvalue weighted by Crippen LogP contribution is 2.38. The van der Waals surface area contributed by atoms with Crippen molar-refractivity contribution in [1.82, 2.24) is 10.2 Å². The van der Waals surface area contributed by atoms with Gasteiger partial charge in [-0.1, -0.05) is 25.1 Å². The maximum atomic E-state index is 12.8. The summed E-state index contributed by atoms with van der Waals surface area (Å²) in [6, 6.07) is 8.24. The molecule has 1 N–H and O–H groups in total. The normalized spacial score (nSPS) is 22.6. The molecule has 2 aliphatic rings. The molecule has 1 amide bonds. The van der Waals surface area contributed by atoms with Crippen LogP contribution in [0.5, 0.6) is 5.75 Å². The number of methoxy groups -OCH3 is 1. The van der Waals surface area contributed by atoms with E-state index in [9.17, 15) is 4.79 Å². The zero-order valence-electron chi connectivity index (χ0n) is 13.2. The van der Waals surface area contributed by atoms with Gasteiger partial charge in [-0.2, -0.15) is 0 Å². The number of rotatable bonds is 4. The summed E-state index contributed by atoms with van der Waals surface area (Å²) in [6.07, 6.45) is 2.10. The lowest BCUT2D eigenvalue weighted by molar-refractivity contribution is -0.138. The van der Waals surface area contributed by atoms with E-state index in [0.717, 1.165) is 43.8 Å². The van der Waals surface area contributed by atoms with Crippen molar-refractivity contribution in [2.75, 3.05) is 26.7 Å². The van der Waals surface area contributed by atoms with Crippen LogP contribution in [0, 0.1) is 11.8 Å². The fourth-order valence-electron chi connectivity index (χ4n) is 3.42. The number of hydrogen-bond donors (Lipinski definition) is 1. The molecule has 2 aliphatic heterocycles. The molecule has 0 saturated carbocycles. The van der Waals surface area contributed by atoms with Crippen molar-refractivity contribution in [3.05, 3.63) is 29.8 Å². The molecule has 0 spiro atoms. The molecule has 3 rings (SSSR count). The number of carbonyl (C=O) groups is 1. The first-order valence-electron chi connectivity index (χ1n) is 7.86. The SMILES string of the molecule is COc1ccccc1C1CCCN1C(=O)C(C)C1CNC1.Cl. The molecule has 1 aromatic carbocycles. The van der Waals surface area contributed by atoms with E-state index in [-0.39, 0.29) is 24.4 Å². The Bertz CT molecular complexity index is 519. The summed E-state index contributed by atoms with van der Waals surface area (Å²) >= 11 is 0. The third-order valence-electron chi connectivity index (χ3n) is 4.94. The molecule has 0 aliphatic carbocycles. The maximum absolute atomic E-state index is 12.8. The maximum Gasteiger partial charge on any atom is 0.226 e. The Morgan fingerprint density at radius 1 is 1.36 bits per heavy atom. The first kappa shape index (κ1) is 17.1. The van der Waals surface area contributed by atoms with Gasteiger partial charge in [-0.05, 0) is 37.9 Å². The van der Waals surface area contributed by atoms with Crippen LogP contribution in [0.2, 0.25) is 0 Å². The number of para-hydroxylation sites is 1. The van der Waals surface area contributed by atoms with Crippen LogP contribution in [-0.4, -0.2) is 37.6 Å². The number of ether oxygens (including phenoxy) is 1. The molecule has 22 heavy (non-hydrogen) atoms. The van der Waals surface area contributed by atoms with Gasteiger partial charge in [-0.25, -0.2) is 0 Å². The van der Waals surface area contributed by atoms with Gasteiger partial charge in [0.2, 0.25) is 5.91 Å². The third-order valence-corrected chi connectivity index (χ3v) is 4.94. The van der Waals surface area contributed by atoms with Gasteiger partial charge in [-0.15, -0.1) is 12.4 Å². The predicted molar refractivity (Wildman–Crippen MR) is 89.5 cm³/mol. The van der Waals surface area contributed by atoms with E-state index in [4.69, 9.17) is 4.74 Å². The van der Waals surface area contributed by atoms with E-state index in [1.807, 2.05) is 18.2 Å². The molecule has 0 radical (unpaired) electrons. The van der Waals surface area contributed by atoms with Crippen LogP contribution in [0.1, 0.15) is 31.4 Å². The van der Waals surface area contributed by atoms with Crippen molar-refractivity contribution in [3.63, 3.8) is 0 Å². The molecule has 2 heterocycles. The Hall–Kier alpha value is -1.26. The fraction of sp³-hybridized carbons (Fsp3) is 0.588. The highest BCUT2D eigenvalue weighted by molar-refractivity contribution is 5.85. The van der Waals surface area contributed by atoms with E-state index in [0.29, 0.717) is 11.8 Å². The largest absolute Gasteiger partial charge is 0.496 e. The van der Waals surface area contributed by atoms with Crippen LogP contribution in [0.3, 0.4) is 0 Å². The Morgan fingerprint density at radius 3 is 2.73 bits per heavy atom. The second-order valence-corrected chi connectivity index (χ2v) is 6.14. The van der Waals surface area contributed by atoms with Crippen molar-refractivity contribution in [1.29, 1.82) is 0 Å². The van der Waals surface area contributed by atoms with E-state index in [1.165, 1.54) is 0 Å². The van der Waals surface area contributed by atoms with Crippen molar-refractivity contribution in [3.8, 4) is 5.75 Å². The van der Waals surface area contributed by atoms with Gasteiger partial charge in [0.15, 0.2) is 0 Å². The molecule has 122 valence electrons. The molecular weight excluding hydrogens is 300 g/mol. The van der Waals surface area contributed by atoms with Crippen LogP contribution in [0.4, 0.5) is 0 Å². The molecule has 5 heteroatoms. The van der Waals surface area contributed by atoms with Crippen molar-refractivity contribution in [2.45, 2.75) is 25.8 Å². The number of likely N-dealkylation sites (tertiary alicyclic amines) is 1. The standard InChI is InChI=1S/C17H24N2O2.ClH/c1-12(13-10-18-11-13)17(20)19-9-5-7-15(19)14-6-3-4-8-16(14)21-2;/h3-4,6,8,12-13,15,18H,5,7,9-11H2,1-2H3;1H. The summed E-state index contributed by atoms with van der Waals surface area (Å²) in [5.41, 5.74) is 1.14. The Balaban J connectivity index is 0.00000176. The molecule has 4 nitrogen and oxygen atoms in total. The second-order valence-electron chi connectivity index (χ2n) is 6.14. The van der Waals surface area contributed by atoms with Gasteiger partial charge in [-0.3, -0.25) is 4.79 Å². The van der Waals surface area contributed by atoms with E-state index >= 15 is 0 Å². The average molecular weight is 325 g/mol. The number of nitrogens with one attached hydrogen (secondary N) is 1. The topological polar surface area (TPSA) is 41.6 Å². The molecule has 0 aromatic heterocycles. The molecule has 0 bridgehead atoms. The second kappa shape index (κ2) is 7.34. The smallest absolute Gasteiger partial charge is 0.226 e. The van der Waals surface area contributed by atoms with Gasteiger partial charge >= 0.3 is 0 Å². The van der Waals surface area contributed by atoms with Crippen LogP contribution in [-0.2, 0) is 4.79 Å². The monoisotopic (exact) mass is 324 g/mol. The fourth-order valence-corrected chi connectivity index (χ4v) is 3.42. The third kappa shape index (κ3) is 3.08. The predicted octanol–water partition coefficient (Wildman–Crippen LogP) is 2.64. The number of benzene rings is 1. The number of hydrogen-bond acceptors (Lipinski definition) is 3. The molecule has 2 saturated heterocycles. The highest BCUT2D eigenvalue weighted by Gasteiger charge is 2.37. The zero-order chi connectivity index (χ0) is 14.8. The summed E-state index contributed by atoms with van der Waals surface area (Å²) in [6.45, 7) is 4.89. The zero-order valence-corrected chi connectivity index (χ0v) is 14.1. The number of halogens is 1. The minimum atomic E-state index is 0. The number of carbonyl (C=O) groups excluding carboxylic acids is 1. The van der Waals surface area contributed by atoms with Crippen LogP contribution in [0.15, 0.2) is 24.3 Å². The first-order chi connectivity index (χ1) is 10.2. The van der Waals surface area contributed by atoms with Crippen LogP contribution >= 0.6 is 12.4 Å². The van der Waals surface area contributed by atoms with E-state index in [2.05, 4.69) is 23.2 Å². The minimum absolute atomic E-state index is 0. The first-order valence-corrected chi connectivity index (χ1v) is 7.86. The number of amides is 1.